The van der Waals surface area contributed by atoms with Crippen LogP contribution in [0.4, 0.5) is 5.69 Å². The van der Waals surface area contributed by atoms with Gasteiger partial charge < -0.3 is 9.84 Å². The first kappa shape index (κ1) is 17.5. The molecule has 1 aromatic heterocycles. The maximum atomic E-state index is 12.3. The molecule has 0 atom stereocenters. The van der Waals surface area contributed by atoms with Crippen LogP contribution in [-0.4, -0.2) is 27.5 Å². The SMILES string of the molecule is CCOc1ccc(-n2c(O)c(C=C3C=Nc4ccccc43)c(=O)[nH]c2=O)cc1. The van der Waals surface area contributed by atoms with Crippen molar-refractivity contribution in [2.75, 3.05) is 6.61 Å². The normalized spacial score (nSPS) is 13.7. The molecule has 7 heteroatoms. The third-order valence-corrected chi connectivity index (χ3v) is 4.38. The zero-order chi connectivity index (χ0) is 19.7. The number of H-pyrrole nitrogens is 1. The van der Waals surface area contributed by atoms with Crippen molar-refractivity contribution in [1.29, 1.82) is 0 Å². The van der Waals surface area contributed by atoms with Crippen LogP contribution in [0.1, 0.15) is 18.1 Å². The molecule has 28 heavy (non-hydrogen) atoms. The molecule has 0 spiro atoms. The minimum absolute atomic E-state index is 0.0216. The van der Waals surface area contributed by atoms with Crippen LogP contribution in [0.25, 0.3) is 17.3 Å². The van der Waals surface area contributed by atoms with E-state index in [2.05, 4.69) is 9.98 Å². The van der Waals surface area contributed by atoms with E-state index in [1.165, 1.54) is 6.08 Å². The summed E-state index contributed by atoms with van der Waals surface area (Å²) in [7, 11) is 0. The van der Waals surface area contributed by atoms with Gasteiger partial charge >= 0.3 is 5.69 Å². The van der Waals surface area contributed by atoms with Crippen molar-refractivity contribution in [2.24, 2.45) is 4.99 Å². The quantitative estimate of drug-likeness (QED) is 0.733. The number of rotatable bonds is 4. The van der Waals surface area contributed by atoms with Gasteiger partial charge in [0, 0.05) is 17.4 Å². The second-order valence-corrected chi connectivity index (χ2v) is 6.13. The minimum atomic E-state index is -0.728. The smallest absolute Gasteiger partial charge is 0.335 e. The molecule has 0 amide bonds. The van der Waals surface area contributed by atoms with Gasteiger partial charge in [0.1, 0.15) is 11.3 Å². The zero-order valence-corrected chi connectivity index (χ0v) is 15.0. The van der Waals surface area contributed by atoms with Gasteiger partial charge in [-0.15, -0.1) is 0 Å². The van der Waals surface area contributed by atoms with Crippen molar-refractivity contribution < 1.29 is 9.84 Å². The van der Waals surface area contributed by atoms with E-state index in [1.54, 1.807) is 30.5 Å². The van der Waals surface area contributed by atoms with Crippen LogP contribution >= 0.6 is 0 Å². The van der Waals surface area contributed by atoms with E-state index in [4.69, 9.17) is 4.74 Å². The Bertz CT molecular complexity index is 1220. The second kappa shape index (κ2) is 7.03. The van der Waals surface area contributed by atoms with Crippen molar-refractivity contribution in [3.63, 3.8) is 0 Å². The highest BCUT2D eigenvalue weighted by Gasteiger charge is 2.17. The van der Waals surface area contributed by atoms with Gasteiger partial charge in [-0.1, -0.05) is 18.2 Å². The van der Waals surface area contributed by atoms with Crippen molar-refractivity contribution in [2.45, 2.75) is 6.92 Å². The minimum Gasteiger partial charge on any atom is -0.494 e. The summed E-state index contributed by atoms with van der Waals surface area (Å²) < 4.78 is 6.43. The molecule has 2 N–H and O–H groups in total. The zero-order valence-electron chi connectivity index (χ0n) is 15.0. The molecule has 0 unspecified atom stereocenters. The topological polar surface area (TPSA) is 96.7 Å². The van der Waals surface area contributed by atoms with Gasteiger partial charge in [-0.05, 0) is 43.3 Å². The Labute approximate surface area is 159 Å². The van der Waals surface area contributed by atoms with Gasteiger partial charge in [0.25, 0.3) is 5.56 Å². The Kier molecular flexibility index (Phi) is 4.41. The first-order valence-corrected chi connectivity index (χ1v) is 8.75. The van der Waals surface area contributed by atoms with E-state index in [0.717, 1.165) is 15.8 Å². The lowest BCUT2D eigenvalue weighted by atomic mass is 10.1. The average Bonchev–Trinajstić information content (AvgIpc) is 3.09. The first-order chi connectivity index (χ1) is 13.6. The Morgan fingerprint density at radius 2 is 1.89 bits per heavy atom. The molecule has 1 aliphatic heterocycles. The van der Waals surface area contributed by atoms with Crippen LogP contribution in [0.15, 0.2) is 63.1 Å². The average molecular weight is 375 g/mol. The van der Waals surface area contributed by atoms with Crippen molar-refractivity contribution >= 4 is 23.6 Å². The fourth-order valence-corrected chi connectivity index (χ4v) is 3.08. The molecule has 3 aromatic rings. The number of ether oxygens (including phenoxy) is 1. The number of aliphatic imine (C=N–C) groups is 1. The van der Waals surface area contributed by atoms with Gasteiger partial charge in [0.2, 0.25) is 5.88 Å². The highest BCUT2D eigenvalue weighted by Crippen LogP contribution is 2.32. The summed E-state index contributed by atoms with van der Waals surface area (Å²) >= 11 is 0. The second-order valence-electron chi connectivity index (χ2n) is 6.13. The lowest BCUT2D eigenvalue weighted by Crippen LogP contribution is -2.30. The number of nitrogens with one attached hydrogen (secondary N) is 1. The monoisotopic (exact) mass is 375 g/mol. The number of aromatic amines is 1. The number of nitrogens with zero attached hydrogens (tertiary/aromatic N) is 2. The number of aromatic nitrogens is 2. The summed E-state index contributed by atoms with van der Waals surface area (Å²) in [5.74, 6) is 0.201. The Morgan fingerprint density at radius 3 is 2.64 bits per heavy atom. The number of allylic oxidation sites excluding steroid dienone is 1. The summed E-state index contributed by atoms with van der Waals surface area (Å²) in [6.45, 7) is 2.39. The molecule has 140 valence electrons. The molecule has 0 bridgehead atoms. The van der Waals surface area contributed by atoms with Crippen LogP contribution in [0, 0.1) is 0 Å². The molecule has 1 aliphatic rings. The summed E-state index contributed by atoms with van der Waals surface area (Å²) in [6, 6.07) is 14.1. The van der Waals surface area contributed by atoms with Crippen LogP contribution in [0.5, 0.6) is 11.6 Å². The Hall–Kier alpha value is -3.87. The van der Waals surface area contributed by atoms with Crippen LogP contribution in [-0.2, 0) is 0 Å². The summed E-state index contributed by atoms with van der Waals surface area (Å²) in [6.07, 6.45) is 3.14. The highest BCUT2D eigenvalue weighted by atomic mass is 16.5. The fraction of sp³-hybridized carbons (Fsp3) is 0.0952. The van der Waals surface area contributed by atoms with Crippen LogP contribution in [0.3, 0.4) is 0 Å². The molecule has 0 fully saturated rings. The van der Waals surface area contributed by atoms with E-state index in [-0.39, 0.29) is 5.56 Å². The van der Waals surface area contributed by atoms with Crippen molar-refractivity contribution in [1.82, 2.24) is 9.55 Å². The molecule has 0 aliphatic carbocycles. The summed E-state index contributed by atoms with van der Waals surface area (Å²) in [4.78, 5) is 31.2. The third kappa shape index (κ3) is 3.03. The largest absolute Gasteiger partial charge is 0.494 e. The lowest BCUT2D eigenvalue weighted by molar-refractivity contribution is 0.340. The fourth-order valence-electron chi connectivity index (χ4n) is 3.08. The van der Waals surface area contributed by atoms with Gasteiger partial charge in [-0.3, -0.25) is 14.8 Å². The molecule has 0 radical (unpaired) electrons. The summed E-state index contributed by atoms with van der Waals surface area (Å²) in [5.41, 5.74) is 1.29. The molecule has 0 saturated heterocycles. The molecule has 2 aromatic carbocycles. The molecular weight excluding hydrogens is 358 g/mol. The standard InChI is InChI=1S/C21H17N3O4/c1-2-28-15-9-7-14(8-10-15)24-20(26)17(19(25)23-21(24)27)11-13-12-22-18-6-4-3-5-16(13)18/h3-12,26H,2H2,1H3,(H,23,25,27). The number of fused-ring (bicyclic) bond motifs is 1. The molecule has 4 rings (SSSR count). The van der Waals surface area contributed by atoms with E-state index in [1.807, 2.05) is 31.2 Å². The number of hydrogen-bond donors (Lipinski definition) is 2. The van der Waals surface area contributed by atoms with Gasteiger partial charge in [-0.2, -0.15) is 0 Å². The Morgan fingerprint density at radius 1 is 1.14 bits per heavy atom. The number of benzene rings is 2. The molecule has 0 saturated carbocycles. The maximum Gasteiger partial charge on any atom is 0.335 e. The van der Waals surface area contributed by atoms with E-state index in [9.17, 15) is 14.7 Å². The van der Waals surface area contributed by atoms with Crippen molar-refractivity contribution in [3.8, 4) is 17.3 Å². The molecule has 2 heterocycles. The van der Waals surface area contributed by atoms with Gasteiger partial charge in [0.15, 0.2) is 0 Å². The Balaban J connectivity index is 1.84. The predicted molar refractivity (Wildman–Crippen MR) is 108 cm³/mol. The lowest BCUT2D eigenvalue weighted by Gasteiger charge is -2.11. The number of para-hydroxylation sites is 1. The van der Waals surface area contributed by atoms with Gasteiger partial charge in [-0.25, -0.2) is 9.36 Å². The third-order valence-electron chi connectivity index (χ3n) is 4.38. The van der Waals surface area contributed by atoms with E-state index < -0.39 is 17.1 Å². The van der Waals surface area contributed by atoms with E-state index >= 15 is 0 Å². The van der Waals surface area contributed by atoms with Crippen LogP contribution in [0.2, 0.25) is 0 Å². The molecular formula is C21H17N3O4. The van der Waals surface area contributed by atoms with Gasteiger partial charge in [0.05, 0.1) is 18.0 Å². The predicted octanol–water partition coefficient (Wildman–Crippen LogP) is 2.89. The maximum absolute atomic E-state index is 12.3. The first-order valence-electron chi connectivity index (χ1n) is 8.75. The number of aromatic hydroxyl groups is 1. The highest BCUT2D eigenvalue weighted by molar-refractivity contribution is 6.21. The van der Waals surface area contributed by atoms with Crippen LogP contribution < -0.4 is 16.0 Å². The number of hydrogen-bond acceptors (Lipinski definition) is 5. The van der Waals surface area contributed by atoms with E-state index in [0.29, 0.717) is 23.6 Å². The van der Waals surface area contributed by atoms with Crippen molar-refractivity contribution in [3.05, 3.63) is 80.5 Å². The summed E-state index contributed by atoms with van der Waals surface area (Å²) in [5, 5.41) is 10.7. The molecule has 7 nitrogen and oxygen atoms in total.